The zero-order valence-electron chi connectivity index (χ0n) is 6.10. The van der Waals surface area contributed by atoms with Crippen molar-refractivity contribution >= 4 is 22.7 Å². The van der Waals surface area contributed by atoms with E-state index in [2.05, 4.69) is 9.97 Å². The van der Waals surface area contributed by atoms with Crippen LogP contribution in [0.5, 0.6) is 0 Å². The molecule has 0 unspecified atom stereocenters. The third-order valence-electron chi connectivity index (χ3n) is 1.36. The second-order valence-electron chi connectivity index (χ2n) is 2.16. The van der Waals surface area contributed by atoms with Crippen LogP contribution in [0.15, 0.2) is 17.1 Å². The monoisotopic (exact) mass is 198 g/mol. The quantitative estimate of drug-likeness (QED) is 0.799. The Labute approximate surface area is 77.4 Å². The fraction of sp³-hybridized carbons (Fsp3) is 0.143. The van der Waals surface area contributed by atoms with E-state index < -0.39 is 0 Å². The Morgan fingerprint density at radius 1 is 1.42 bits per heavy atom. The number of nitrogens with zero attached hydrogens (tertiary/aromatic N) is 2. The summed E-state index contributed by atoms with van der Waals surface area (Å²) in [6.45, 7) is 0.0573. The molecule has 2 aromatic rings. The van der Waals surface area contributed by atoms with Gasteiger partial charge in [0.1, 0.15) is 10.7 Å². The Morgan fingerprint density at radius 3 is 2.92 bits per heavy atom. The number of rotatable bonds is 2. The molecule has 12 heavy (non-hydrogen) atoms. The molecule has 3 nitrogen and oxygen atoms in total. The normalized spacial score (nSPS) is 10.4. The summed E-state index contributed by atoms with van der Waals surface area (Å²) in [7, 11) is 0. The molecule has 0 aromatic carbocycles. The van der Waals surface area contributed by atoms with Crippen molar-refractivity contribution in [3.05, 3.63) is 22.0 Å². The summed E-state index contributed by atoms with van der Waals surface area (Å²) in [6.07, 6.45) is 1.68. The molecule has 1 N–H and O–H groups in total. The number of thiazole rings is 2. The summed E-state index contributed by atoms with van der Waals surface area (Å²) >= 11 is 3.02. The lowest BCUT2D eigenvalue weighted by molar-refractivity contribution is 0.285. The zero-order valence-corrected chi connectivity index (χ0v) is 7.73. The highest BCUT2D eigenvalue weighted by molar-refractivity contribution is 7.15. The van der Waals surface area contributed by atoms with Gasteiger partial charge < -0.3 is 5.11 Å². The van der Waals surface area contributed by atoms with Crippen LogP contribution in [-0.4, -0.2) is 15.1 Å². The van der Waals surface area contributed by atoms with Gasteiger partial charge in [0.2, 0.25) is 0 Å². The van der Waals surface area contributed by atoms with Crippen molar-refractivity contribution in [2.24, 2.45) is 0 Å². The second-order valence-corrected chi connectivity index (χ2v) is 4.00. The minimum atomic E-state index is 0.0573. The number of aliphatic hydroxyl groups is 1. The summed E-state index contributed by atoms with van der Waals surface area (Å²) < 4.78 is 0. The van der Waals surface area contributed by atoms with Crippen molar-refractivity contribution in [3.8, 4) is 10.7 Å². The minimum Gasteiger partial charge on any atom is -0.391 e. The fourth-order valence-corrected chi connectivity index (χ4v) is 2.17. The van der Waals surface area contributed by atoms with Crippen LogP contribution in [0.25, 0.3) is 10.7 Å². The Kier molecular flexibility index (Phi) is 2.16. The molecular formula is C7H6N2OS2. The zero-order chi connectivity index (χ0) is 8.39. The first-order valence-corrected chi connectivity index (χ1v) is 5.10. The molecule has 0 bridgehead atoms. The maximum atomic E-state index is 8.80. The second kappa shape index (κ2) is 3.30. The van der Waals surface area contributed by atoms with Crippen molar-refractivity contribution < 1.29 is 5.11 Å². The number of aromatic nitrogens is 2. The lowest BCUT2D eigenvalue weighted by Gasteiger charge is -1.84. The van der Waals surface area contributed by atoms with E-state index in [9.17, 15) is 0 Å². The molecule has 2 rings (SSSR count). The van der Waals surface area contributed by atoms with E-state index in [0.717, 1.165) is 15.6 Å². The SMILES string of the molecule is OCc1cnc(-c2cscn2)s1. The van der Waals surface area contributed by atoms with Crippen molar-refractivity contribution in [3.63, 3.8) is 0 Å². The van der Waals surface area contributed by atoms with E-state index in [1.165, 1.54) is 11.3 Å². The molecule has 0 aliphatic rings. The largest absolute Gasteiger partial charge is 0.391 e. The predicted molar refractivity (Wildman–Crippen MR) is 49.1 cm³/mol. The summed E-state index contributed by atoms with van der Waals surface area (Å²) in [5, 5.41) is 11.6. The van der Waals surface area contributed by atoms with Gasteiger partial charge in [0.25, 0.3) is 0 Å². The molecule has 0 saturated carbocycles. The number of hydrogen-bond donors (Lipinski definition) is 1. The predicted octanol–water partition coefficient (Wildman–Crippen LogP) is 1.76. The van der Waals surface area contributed by atoms with Crippen molar-refractivity contribution in [1.29, 1.82) is 0 Å². The third-order valence-corrected chi connectivity index (χ3v) is 2.95. The average Bonchev–Trinajstić information content (AvgIpc) is 2.75. The van der Waals surface area contributed by atoms with Crippen molar-refractivity contribution in [2.75, 3.05) is 0 Å². The van der Waals surface area contributed by atoms with Crippen LogP contribution >= 0.6 is 22.7 Å². The van der Waals surface area contributed by atoms with Crippen LogP contribution in [0.1, 0.15) is 4.88 Å². The fourth-order valence-electron chi connectivity index (χ4n) is 0.817. The van der Waals surface area contributed by atoms with Gasteiger partial charge in [0.15, 0.2) is 0 Å². The standard InChI is InChI=1S/C7H6N2OS2/c10-2-5-1-8-7(12-5)6-3-11-4-9-6/h1,3-4,10H,2H2. The molecule has 0 radical (unpaired) electrons. The van der Waals surface area contributed by atoms with Crippen LogP contribution in [0.3, 0.4) is 0 Å². The van der Waals surface area contributed by atoms with Gasteiger partial charge in [-0.15, -0.1) is 22.7 Å². The van der Waals surface area contributed by atoms with E-state index in [-0.39, 0.29) is 6.61 Å². The molecule has 0 fully saturated rings. The molecule has 0 amide bonds. The van der Waals surface area contributed by atoms with Gasteiger partial charge in [-0.2, -0.15) is 0 Å². The highest BCUT2D eigenvalue weighted by Crippen LogP contribution is 2.24. The van der Waals surface area contributed by atoms with Crippen LogP contribution in [0, 0.1) is 0 Å². The van der Waals surface area contributed by atoms with Crippen LogP contribution in [0.4, 0.5) is 0 Å². The molecule has 0 saturated heterocycles. The van der Waals surface area contributed by atoms with Gasteiger partial charge in [-0.05, 0) is 0 Å². The molecular weight excluding hydrogens is 192 g/mol. The molecule has 0 atom stereocenters. The summed E-state index contributed by atoms with van der Waals surface area (Å²) in [5.41, 5.74) is 2.67. The van der Waals surface area contributed by atoms with Crippen molar-refractivity contribution in [2.45, 2.75) is 6.61 Å². The van der Waals surface area contributed by atoms with Gasteiger partial charge >= 0.3 is 0 Å². The lowest BCUT2D eigenvalue weighted by atomic mass is 10.5. The topological polar surface area (TPSA) is 46.0 Å². The van der Waals surface area contributed by atoms with Gasteiger partial charge in [0, 0.05) is 11.6 Å². The number of aliphatic hydroxyl groups excluding tert-OH is 1. The minimum absolute atomic E-state index is 0.0573. The molecule has 2 heterocycles. The van der Waals surface area contributed by atoms with Crippen LogP contribution in [-0.2, 0) is 6.61 Å². The third kappa shape index (κ3) is 1.38. The van der Waals surface area contributed by atoms with E-state index >= 15 is 0 Å². The average molecular weight is 198 g/mol. The van der Waals surface area contributed by atoms with E-state index in [0.29, 0.717) is 0 Å². The van der Waals surface area contributed by atoms with Gasteiger partial charge in [0.05, 0.1) is 17.0 Å². The van der Waals surface area contributed by atoms with Gasteiger partial charge in [-0.25, -0.2) is 9.97 Å². The Morgan fingerprint density at radius 2 is 2.33 bits per heavy atom. The molecule has 5 heteroatoms. The molecule has 2 aromatic heterocycles. The smallest absolute Gasteiger partial charge is 0.142 e. The van der Waals surface area contributed by atoms with Gasteiger partial charge in [-0.3, -0.25) is 0 Å². The molecule has 0 spiro atoms. The molecule has 62 valence electrons. The first-order valence-electron chi connectivity index (χ1n) is 3.34. The summed E-state index contributed by atoms with van der Waals surface area (Å²) in [4.78, 5) is 9.12. The Bertz CT molecular complexity index is 355. The van der Waals surface area contributed by atoms with Gasteiger partial charge in [-0.1, -0.05) is 0 Å². The summed E-state index contributed by atoms with van der Waals surface area (Å²) in [5.74, 6) is 0. The highest BCUT2D eigenvalue weighted by Gasteiger charge is 2.04. The highest BCUT2D eigenvalue weighted by atomic mass is 32.1. The van der Waals surface area contributed by atoms with E-state index in [4.69, 9.17) is 5.11 Å². The lowest BCUT2D eigenvalue weighted by Crippen LogP contribution is -1.70. The Balaban J connectivity index is 2.35. The maximum Gasteiger partial charge on any atom is 0.142 e. The molecule has 0 aliphatic heterocycles. The molecule has 0 aliphatic carbocycles. The summed E-state index contributed by atoms with van der Waals surface area (Å²) in [6, 6.07) is 0. The first-order chi connectivity index (χ1) is 5.90. The number of hydrogen-bond acceptors (Lipinski definition) is 5. The van der Waals surface area contributed by atoms with E-state index in [1.807, 2.05) is 5.38 Å². The maximum absolute atomic E-state index is 8.80. The van der Waals surface area contributed by atoms with E-state index in [1.54, 1.807) is 23.0 Å². The first kappa shape index (κ1) is 7.85. The Hall–Kier alpha value is -0.780. The van der Waals surface area contributed by atoms with Crippen LogP contribution in [0.2, 0.25) is 0 Å². The van der Waals surface area contributed by atoms with Crippen LogP contribution < -0.4 is 0 Å². The van der Waals surface area contributed by atoms with Crippen molar-refractivity contribution in [1.82, 2.24) is 9.97 Å².